The van der Waals surface area contributed by atoms with E-state index in [9.17, 15) is 4.79 Å². The number of nitrogens with zero attached hydrogens (tertiary/aromatic N) is 1. The van der Waals surface area contributed by atoms with Gasteiger partial charge < -0.3 is 14.6 Å². The normalized spacial score (nSPS) is 10.6. The summed E-state index contributed by atoms with van der Waals surface area (Å²) >= 11 is 0. The molecule has 5 nitrogen and oxygen atoms in total. The van der Waals surface area contributed by atoms with Gasteiger partial charge in [-0.3, -0.25) is 4.79 Å². The Hall–Kier alpha value is -2.30. The highest BCUT2D eigenvalue weighted by molar-refractivity contribution is 5.90. The van der Waals surface area contributed by atoms with Gasteiger partial charge in [0.05, 0.1) is 0 Å². The summed E-state index contributed by atoms with van der Waals surface area (Å²) in [5, 5.41) is 6.31. The molecule has 1 heterocycles. The summed E-state index contributed by atoms with van der Waals surface area (Å²) in [5.41, 5.74) is 1.08. The monoisotopic (exact) mass is 274 g/mol. The smallest absolute Gasteiger partial charge is 0.263 e. The Labute approximate surface area is 117 Å². The molecule has 5 heteroatoms. The maximum Gasteiger partial charge on any atom is 0.263 e. The molecule has 1 aromatic heterocycles. The van der Waals surface area contributed by atoms with Crippen molar-refractivity contribution >= 4 is 11.7 Å². The van der Waals surface area contributed by atoms with Gasteiger partial charge in [-0.1, -0.05) is 37.2 Å². The minimum absolute atomic E-state index is 0.0599. The summed E-state index contributed by atoms with van der Waals surface area (Å²) in [6, 6.07) is 9.36. The number of benzene rings is 1. The molecule has 0 aliphatic heterocycles. The molecule has 2 rings (SSSR count). The van der Waals surface area contributed by atoms with Crippen molar-refractivity contribution in [2.45, 2.75) is 26.7 Å². The third kappa shape index (κ3) is 3.60. The minimum atomic E-state index is -0.267. The van der Waals surface area contributed by atoms with E-state index in [0.29, 0.717) is 17.5 Å². The Morgan fingerprint density at radius 1 is 1.40 bits per heavy atom. The van der Waals surface area contributed by atoms with Crippen LogP contribution in [0.1, 0.15) is 31.1 Å². The van der Waals surface area contributed by atoms with Crippen LogP contribution in [0.25, 0.3) is 0 Å². The van der Waals surface area contributed by atoms with Crippen LogP contribution in [0.2, 0.25) is 0 Å². The lowest BCUT2D eigenvalue weighted by atomic mass is 10.0. The van der Waals surface area contributed by atoms with E-state index in [2.05, 4.69) is 24.3 Å². The molecule has 1 amide bonds. The number of aromatic nitrogens is 1. The predicted octanol–water partition coefficient (Wildman–Crippen LogP) is 3.12. The molecule has 0 fully saturated rings. The first-order valence-electron chi connectivity index (χ1n) is 6.51. The summed E-state index contributed by atoms with van der Waals surface area (Å²) in [6.07, 6.45) is 0. The summed E-state index contributed by atoms with van der Waals surface area (Å²) < 4.78 is 10.4. The lowest BCUT2D eigenvalue weighted by molar-refractivity contribution is -0.118. The molecule has 106 valence electrons. The van der Waals surface area contributed by atoms with Gasteiger partial charge in [-0.15, -0.1) is 0 Å². The highest BCUT2D eigenvalue weighted by Crippen LogP contribution is 2.25. The van der Waals surface area contributed by atoms with E-state index in [1.165, 1.54) is 0 Å². The Kier molecular flexibility index (Phi) is 4.40. The molecular weight excluding hydrogens is 256 g/mol. The van der Waals surface area contributed by atoms with Crippen LogP contribution >= 0.6 is 0 Å². The van der Waals surface area contributed by atoms with E-state index in [1.807, 2.05) is 24.3 Å². The fourth-order valence-electron chi connectivity index (χ4n) is 1.84. The van der Waals surface area contributed by atoms with Crippen molar-refractivity contribution in [3.05, 3.63) is 41.7 Å². The summed E-state index contributed by atoms with van der Waals surface area (Å²) in [7, 11) is 0. The van der Waals surface area contributed by atoms with Gasteiger partial charge in [0.25, 0.3) is 5.91 Å². The largest absolute Gasteiger partial charge is 0.483 e. The van der Waals surface area contributed by atoms with Crippen molar-refractivity contribution in [3.63, 3.8) is 0 Å². The van der Waals surface area contributed by atoms with Crippen molar-refractivity contribution < 1.29 is 14.1 Å². The van der Waals surface area contributed by atoms with Crippen LogP contribution in [-0.4, -0.2) is 17.7 Å². The number of aryl methyl sites for hydroxylation is 1. The zero-order valence-corrected chi connectivity index (χ0v) is 11.8. The number of hydrogen-bond donors (Lipinski definition) is 1. The lowest BCUT2D eigenvalue weighted by Gasteiger charge is -2.13. The van der Waals surface area contributed by atoms with Crippen LogP contribution in [0, 0.1) is 6.92 Å². The number of ether oxygens (including phenoxy) is 1. The minimum Gasteiger partial charge on any atom is -0.483 e. The molecule has 20 heavy (non-hydrogen) atoms. The van der Waals surface area contributed by atoms with Gasteiger partial charge in [0.2, 0.25) is 0 Å². The second kappa shape index (κ2) is 6.23. The Bertz CT molecular complexity index is 590. The molecule has 0 aliphatic carbocycles. The third-order valence-corrected chi connectivity index (χ3v) is 2.80. The first kappa shape index (κ1) is 14.1. The van der Waals surface area contributed by atoms with Crippen molar-refractivity contribution in [2.24, 2.45) is 0 Å². The molecule has 0 spiro atoms. The molecule has 0 aliphatic rings. The number of carbonyl (C=O) groups excluding carboxylic acids is 1. The molecule has 2 aromatic rings. The van der Waals surface area contributed by atoms with E-state index in [-0.39, 0.29) is 12.5 Å². The zero-order chi connectivity index (χ0) is 14.5. The van der Waals surface area contributed by atoms with Crippen LogP contribution in [0.4, 0.5) is 5.82 Å². The Morgan fingerprint density at radius 2 is 2.15 bits per heavy atom. The standard InChI is InChI=1S/C15H18N2O3/c1-10(2)12-6-4-5-7-13(12)19-9-15(18)16-14-8-11(3)20-17-14/h4-8,10H,9H2,1-3H3,(H,16,17,18). The van der Waals surface area contributed by atoms with Gasteiger partial charge in [0, 0.05) is 6.07 Å². The first-order chi connectivity index (χ1) is 9.56. The van der Waals surface area contributed by atoms with Gasteiger partial charge in [-0.2, -0.15) is 0 Å². The number of para-hydroxylation sites is 1. The van der Waals surface area contributed by atoms with Crippen molar-refractivity contribution in [2.75, 3.05) is 11.9 Å². The van der Waals surface area contributed by atoms with Gasteiger partial charge >= 0.3 is 0 Å². The number of nitrogens with one attached hydrogen (secondary N) is 1. The molecule has 0 bridgehead atoms. The van der Waals surface area contributed by atoms with E-state index in [1.54, 1.807) is 13.0 Å². The van der Waals surface area contributed by atoms with E-state index < -0.39 is 0 Å². The number of amides is 1. The molecule has 0 radical (unpaired) electrons. The highest BCUT2D eigenvalue weighted by Gasteiger charge is 2.10. The predicted molar refractivity (Wildman–Crippen MR) is 75.9 cm³/mol. The van der Waals surface area contributed by atoms with Crippen molar-refractivity contribution in [1.29, 1.82) is 0 Å². The van der Waals surface area contributed by atoms with Crippen LogP contribution < -0.4 is 10.1 Å². The molecule has 1 aromatic carbocycles. The number of hydrogen-bond acceptors (Lipinski definition) is 4. The number of carbonyl (C=O) groups is 1. The quantitative estimate of drug-likeness (QED) is 0.909. The topological polar surface area (TPSA) is 64.4 Å². The molecule has 0 atom stereocenters. The van der Waals surface area contributed by atoms with Gasteiger partial charge in [-0.25, -0.2) is 0 Å². The summed E-state index contributed by atoms with van der Waals surface area (Å²) in [5.74, 6) is 1.85. The van der Waals surface area contributed by atoms with Crippen LogP contribution in [0.5, 0.6) is 5.75 Å². The van der Waals surface area contributed by atoms with E-state index in [0.717, 1.165) is 11.3 Å². The molecule has 0 unspecified atom stereocenters. The average Bonchev–Trinajstić information content (AvgIpc) is 2.82. The maximum atomic E-state index is 11.8. The molecular formula is C15H18N2O3. The number of rotatable bonds is 5. The van der Waals surface area contributed by atoms with Crippen LogP contribution in [0.15, 0.2) is 34.9 Å². The second-order valence-corrected chi connectivity index (χ2v) is 4.85. The summed E-state index contributed by atoms with van der Waals surface area (Å²) in [4.78, 5) is 11.8. The van der Waals surface area contributed by atoms with E-state index in [4.69, 9.17) is 9.26 Å². The fourth-order valence-corrected chi connectivity index (χ4v) is 1.84. The lowest BCUT2D eigenvalue weighted by Crippen LogP contribution is -2.20. The van der Waals surface area contributed by atoms with Crippen molar-refractivity contribution in [1.82, 2.24) is 5.16 Å². The molecule has 0 saturated heterocycles. The Morgan fingerprint density at radius 3 is 2.80 bits per heavy atom. The van der Waals surface area contributed by atoms with Crippen molar-refractivity contribution in [3.8, 4) is 5.75 Å². The number of anilines is 1. The fraction of sp³-hybridized carbons (Fsp3) is 0.333. The zero-order valence-electron chi connectivity index (χ0n) is 11.8. The van der Waals surface area contributed by atoms with E-state index >= 15 is 0 Å². The SMILES string of the molecule is Cc1cc(NC(=O)COc2ccccc2C(C)C)no1. The first-order valence-corrected chi connectivity index (χ1v) is 6.51. The van der Waals surface area contributed by atoms with Crippen LogP contribution in [-0.2, 0) is 4.79 Å². The second-order valence-electron chi connectivity index (χ2n) is 4.85. The Balaban J connectivity index is 1.93. The molecule has 1 N–H and O–H groups in total. The van der Waals surface area contributed by atoms with Gasteiger partial charge in [0.1, 0.15) is 11.5 Å². The average molecular weight is 274 g/mol. The highest BCUT2D eigenvalue weighted by atomic mass is 16.5. The molecule has 0 saturated carbocycles. The van der Waals surface area contributed by atoms with Crippen LogP contribution in [0.3, 0.4) is 0 Å². The maximum absolute atomic E-state index is 11.8. The summed E-state index contributed by atoms with van der Waals surface area (Å²) in [6.45, 7) is 5.87. The van der Waals surface area contributed by atoms with Gasteiger partial charge in [-0.05, 0) is 24.5 Å². The van der Waals surface area contributed by atoms with Gasteiger partial charge in [0.15, 0.2) is 12.4 Å². The third-order valence-electron chi connectivity index (χ3n) is 2.80.